The molecular weight excluding hydrogens is 250 g/mol. The smallest absolute Gasteiger partial charge is 0.170 e. The number of benzene rings is 1. The Kier molecular flexibility index (Phi) is 3.29. The summed E-state index contributed by atoms with van der Waals surface area (Å²) in [5, 5.41) is 0.984. The molecule has 0 aliphatic rings. The van der Waals surface area contributed by atoms with E-state index in [9.17, 15) is 4.79 Å². The quantitative estimate of drug-likeness (QED) is 0.681. The van der Waals surface area contributed by atoms with Crippen molar-refractivity contribution in [3.8, 4) is 0 Å². The summed E-state index contributed by atoms with van der Waals surface area (Å²) in [5.41, 5.74) is 1.61. The van der Waals surface area contributed by atoms with Crippen LogP contribution in [0.5, 0.6) is 0 Å². The molecule has 0 aliphatic carbocycles. The minimum Gasteiger partial charge on any atom is -0.335 e. The lowest BCUT2D eigenvalue weighted by atomic mass is 10.1. The predicted octanol–water partition coefficient (Wildman–Crippen LogP) is 2.88. The van der Waals surface area contributed by atoms with Crippen molar-refractivity contribution in [2.75, 3.05) is 0 Å². The molecule has 0 spiro atoms. The van der Waals surface area contributed by atoms with Crippen molar-refractivity contribution in [3.05, 3.63) is 60.3 Å². The van der Waals surface area contributed by atoms with Crippen LogP contribution in [0.25, 0.3) is 10.9 Å². The van der Waals surface area contributed by atoms with Gasteiger partial charge in [-0.05, 0) is 31.2 Å². The van der Waals surface area contributed by atoms with Crippen LogP contribution in [0.15, 0.2) is 48.9 Å². The maximum absolute atomic E-state index is 12.4. The van der Waals surface area contributed by atoms with Crippen LogP contribution in [-0.4, -0.2) is 20.3 Å². The van der Waals surface area contributed by atoms with Gasteiger partial charge in [-0.2, -0.15) is 0 Å². The second-order valence-corrected chi connectivity index (χ2v) is 4.64. The number of fused-ring (bicyclic) bond motifs is 1. The zero-order chi connectivity index (χ0) is 13.9. The molecule has 0 N–H and O–H groups in total. The molecule has 0 saturated carbocycles. The van der Waals surface area contributed by atoms with Gasteiger partial charge < -0.3 is 4.57 Å². The summed E-state index contributed by atoms with van der Waals surface area (Å²) < 4.78 is 1.99. The van der Waals surface area contributed by atoms with Gasteiger partial charge in [0.05, 0.1) is 11.9 Å². The number of imidazole rings is 1. The number of hydrogen-bond acceptors (Lipinski definition) is 3. The van der Waals surface area contributed by atoms with E-state index >= 15 is 0 Å². The summed E-state index contributed by atoms with van der Waals surface area (Å²) in [6.45, 7) is 2.86. The molecule has 2 aromatic heterocycles. The largest absolute Gasteiger partial charge is 0.335 e. The maximum atomic E-state index is 12.4. The third-order valence-corrected chi connectivity index (χ3v) is 3.39. The van der Waals surface area contributed by atoms with E-state index in [1.807, 2.05) is 48.0 Å². The van der Waals surface area contributed by atoms with Crippen molar-refractivity contribution in [3.63, 3.8) is 0 Å². The number of pyridine rings is 1. The Hall–Kier alpha value is -2.49. The van der Waals surface area contributed by atoms with E-state index in [2.05, 4.69) is 9.97 Å². The van der Waals surface area contributed by atoms with Crippen LogP contribution in [0.3, 0.4) is 0 Å². The Morgan fingerprint density at radius 1 is 1.20 bits per heavy atom. The van der Waals surface area contributed by atoms with Crippen LogP contribution in [0.4, 0.5) is 0 Å². The molecule has 2 heterocycles. The number of carbonyl (C=O) groups is 1. The Morgan fingerprint density at radius 2 is 2.10 bits per heavy atom. The zero-order valence-electron chi connectivity index (χ0n) is 11.3. The number of aromatic nitrogens is 3. The van der Waals surface area contributed by atoms with Gasteiger partial charge in [0.15, 0.2) is 5.78 Å². The van der Waals surface area contributed by atoms with Crippen molar-refractivity contribution in [2.24, 2.45) is 0 Å². The molecule has 0 bridgehead atoms. The average molecular weight is 265 g/mol. The van der Waals surface area contributed by atoms with Crippen LogP contribution in [0.2, 0.25) is 0 Å². The Morgan fingerprint density at radius 3 is 2.95 bits per heavy atom. The fourth-order valence-corrected chi connectivity index (χ4v) is 2.29. The van der Waals surface area contributed by atoms with Gasteiger partial charge in [-0.25, -0.2) is 4.98 Å². The lowest BCUT2D eigenvalue weighted by molar-refractivity contribution is 0.0990. The molecule has 20 heavy (non-hydrogen) atoms. The van der Waals surface area contributed by atoms with E-state index in [0.29, 0.717) is 12.0 Å². The highest BCUT2D eigenvalue weighted by Gasteiger charge is 2.11. The molecule has 4 nitrogen and oxygen atoms in total. The minimum atomic E-state index is 0.0802. The number of nitrogens with zero attached hydrogens (tertiary/aromatic N) is 3. The first kappa shape index (κ1) is 12.5. The number of carbonyl (C=O) groups excluding carboxylic acids is 1. The normalized spacial score (nSPS) is 10.8. The first-order chi connectivity index (χ1) is 9.78. The van der Waals surface area contributed by atoms with E-state index in [1.54, 1.807) is 12.4 Å². The van der Waals surface area contributed by atoms with Crippen molar-refractivity contribution in [2.45, 2.75) is 19.9 Å². The van der Waals surface area contributed by atoms with Gasteiger partial charge in [0.25, 0.3) is 0 Å². The van der Waals surface area contributed by atoms with E-state index < -0.39 is 0 Å². The molecule has 3 aromatic rings. The summed E-state index contributed by atoms with van der Waals surface area (Å²) in [7, 11) is 0. The van der Waals surface area contributed by atoms with Crippen molar-refractivity contribution in [1.82, 2.24) is 14.5 Å². The molecule has 4 heteroatoms. The maximum Gasteiger partial charge on any atom is 0.170 e. The van der Waals surface area contributed by atoms with Gasteiger partial charge in [-0.3, -0.25) is 9.78 Å². The Labute approximate surface area is 117 Å². The van der Waals surface area contributed by atoms with Crippen LogP contribution in [-0.2, 0) is 13.0 Å². The topological polar surface area (TPSA) is 47.8 Å². The van der Waals surface area contributed by atoms with Crippen molar-refractivity contribution >= 4 is 16.7 Å². The van der Waals surface area contributed by atoms with E-state index in [0.717, 1.165) is 23.3 Å². The summed E-state index contributed by atoms with van der Waals surface area (Å²) in [5.74, 6) is 0.889. The number of hydrogen-bond donors (Lipinski definition) is 0. The molecule has 0 radical (unpaired) electrons. The van der Waals surface area contributed by atoms with Crippen LogP contribution >= 0.6 is 0 Å². The zero-order valence-corrected chi connectivity index (χ0v) is 11.3. The average Bonchev–Trinajstić information content (AvgIpc) is 2.94. The number of rotatable bonds is 4. The number of ketones is 1. The van der Waals surface area contributed by atoms with Crippen molar-refractivity contribution in [1.29, 1.82) is 0 Å². The Bertz CT molecular complexity index is 761. The van der Waals surface area contributed by atoms with Gasteiger partial charge in [-0.1, -0.05) is 6.07 Å². The monoisotopic (exact) mass is 265 g/mol. The third-order valence-electron chi connectivity index (χ3n) is 3.39. The summed E-state index contributed by atoms with van der Waals surface area (Å²) in [4.78, 5) is 20.9. The molecule has 3 rings (SSSR count). The molecule has 0 unspecified atom stereocenters. The van der Waals surface area contributed by atoms with Gasteiger partial charge in [0.1, 0.15) is 5.82 Å². The van der Waals surface area contributed by atoms with Gasteiger partial charge >= 0.3 is 0 Å². The van der Waals surface area contributed by atoms with E-state index in [1.165, 1.54) is 0 Å². The third kappa shape index (κ3) is 2.32. The fraction of sp³-hybridized carbons (Fsp3) is 0.188. The van der Waals surface area contributed by atoms with Gasteiger partial charge in [-0.15, -0.1) is 0 Å². The van der Waals surface area contributed by atoms with Gasteiger partial charge in [0, 0.05) is 36.1 Å². The van der Waals surface area contributed by atoms with Gasteiger partial charge in [0.2, 0.25) is 0 Å². The highest BCUT2D eigenvalue weighted by molar-refractivity contribution is 6.00. The minimum absolute atomic E-state index is 0.0802. The SMILES string of the molecule is CCn1ccnc1CC(=O)c1ccc2ncccc2c1. The lowest BCUT2D eigenvalue weighted by Gasteiger charge is -2.05. The Balaban J connectivity index is 1.89. The second kappa shape index (κ2) is 5.25. The van der Waals surface area contributed by atoms with Crippen molar-refractivity contribution < 1.29 is 4.79 Å². The first-order valence-corrected chi connectivity index (χ1v) is 6.66. The number of Topliss-reactive ketones (excluding diaryl/α,β-unsaturated/α-hetero) is 1. The fourth-order valence-electron chi connectivity index (χ4n) is 2.29. The van der Waals surface area contributed by atoms with Crippen LogP contribution in [0, 0.1) is 0 Å². The lowest BCUT2D eigenvalue weighted by Crippen LogP contribution is -2.09. The summed E-state index contributed by atoms with van der Waals surface area (Å²) in [6.07, 6.45) is 5.71. The molecular formula is C16H15N3O. The highest BCUT2D eigenvalue weighted by atomic mass is 16.1. The molecule has 1 aromatic carbocycles. The molecule has 0 atom stereocenters. The summed E-state index contributed by atoms with van der Waals surface area (Å²) in [6, 6.07) is 9.45. The predicted molar refractivity (Wildman–Crippen MR) is 77.7 cm³/mol. The first-order valence-electron chi connectivity index (χ1n) is 6.66. The molecule has 0 fully saturated rings. The van der Waals surface area contributed by atoms with E-state index in [-0.39, 0.29) is 5.78 Å². The molecule has 100 valence electrons. The van der Waals surface area contributed by atoms with Crippen LogP contribution in [0.1, 0.15) is 23.1 Å². The standard InChI is InChI=1S/C16H15N3O/c1-2-19-9-8-18-16(19)11-15(20)13-5-6-14-12(10-13)4-3-7-17-14/h3-10H,2,11H2,1H3. The molecule has 0 saturated heterocycles. The highest BCUT2D eigenvalue weighted by Crippen LogP contribution is 2.15. The number of aryl methyl sites for hydroxylation is 1. The van der Waals surface area contributed by atoms with E-state index in [4.69, 9.17) is 0 Å². The molecule has 0 amide bonds. The molecule has 0 aliphatic heterocycles. The van der Waals surface area contributed by atoms with Crippen LogP contribution < -0.4 is 0 Å². The second-order valence-electron chi connectivity index (χ2n) is 4.64. The summed E-state index contributed by atoms with van der Waals surface area (Å²) >= 11 is 0.